The minimum Gasteiger partial charge on any atom is -0.310 e. The van der Waals surface area contributed by atoms with E-state index in [1.165, 1.54) is 0 Å². The molecular formula is C13H10F4N2O. The summed E-state index contributed by atoms with van der Waals surface area (Å²) in [6.45, 7) is 1.58. The van der Waals surface area contributed by atoms with Crippen molar-refractivity contribution in [2.45, 2.75) is 25.1 Å². The van der Waals surface area contributed by atoms with Gasteiger partial charge in [0.1, 0.15) is 5.82 Å². The molecule has 106 valence electrons. The average Bonchev–Trinajstić information content (AvgIpc) is 2.35. The van der Waals surface area contributed by atoms with E-state index in [1.807, 2.05) is 5.92 Å². The van der Waals surface area contributed by atoms with Crippen LogP contribution in [0.3, 0.4) is 0 Å². The summed E-state index contributed by atoms with van der Waals surface area (Å²) in [5.74, 6) is 3.50. The second-order valence-corrected chi connectivity index (χ2v) is 4.17. The minimum atomic E-state index is -4.88. The molecule has 0 radical (unpaired) electrons. The van der Waals surface area contributed by atoms with Gasteiger partial charge in [-0.15, -0.1) is 5.92 Å². The smallest absolute Gasteiger partial charge is 0.310 e. The van der Waals surface area contributed by atoms with E-state index in [4.69, 9.17) is 0 Å². The molecule has 2 N–H and O–H groups in total. The Morgan fingerprint density at radius 1 is 1.35 bits per heavy atom. The van der Waals surface area contributed by atoms with Crippen molar-refractivity contribution in [2.75, 3.05) is 5.32 Å². The molecule has 0 saturated carbocycles. The number of amides is 2. The first kappa shape index (κ1) is 14.2. The van der Waals surface area contributed by atoms with Crippen molar-refractivity contribution in [3.8, 4) is 11.8 Å². The zero-order chi connectivity index (χ0) is 15.0. The monoisotopic (exact) mass is 286 g/mol. The third-order valence-electron chi connectivity index (χ3n) is 2.81. The van der Waals surface area contributed by atoms with Crippen LogP contribution < -0.4 is 10.6 Å². The number of carbonyl (C=O) groups excluding carboxylic acids is 1. The van der Waals surface area contributed by atoms with Gasteiger partial charge in [-0.3, -0.25) is 0 Å². The van der Waals surface area contributed by atoms with Crippen molar-refractivity contribution in [3.05, 3.63) is 29.6 Å². The molecule has 2 amide bonds. The number of hydrogen-bond acceptors (Lipinski definition) is 1. The number of hydrogen-bond donors (Lipinski definition) is 2. The number of fused-ring (bicyclic) bond motifs is 1. The predicted molar refractivity (Wildman–Crippen MR) is 64.4 cm³/mol. The van der Waals surface area contributed by atoms with Gasteiger partial charge in [-0.05, 0) is 18.2 Å². The highest BCUT2D eigenvalue weighted by atomic mass is 19.4. The van der Waals surface area contributed by atoms with Crippen LogP contribution in [0, 0.1) is 17.7 Å². The summed E-state index contributed by atoms with van der Waals surface area (Å²) in [7, 11) is 0. The Morgan fingerprint density at radius 2 is 2.05 bits per heavy atom. The zero-order valence-electron chi connectivity index (χ0n) is 10.4. The lowest BCUT2D eigenvalue weighted by molar-refractivity contribution is -0.178. The Labute approximate surface area is 112 Å². The average molecular weight is 286 g/mol. The second-order valence-electron chi connectivity index (χ2n) is 4.17. The van der Waals surface area contributed by atoms with E-state index in [0.717, 1.165) is 18.2 Å². The molecule has 1 aliphatic rings. The Bertz CT molecular complexity index is 615. The fourth-order valence-corrected chi connectivity index (χ4v) is 1.94. The molecule has 1 heterocycles. The number of anilines is 1. The Balaban J connectivity index is 2.75. The molecule has 0 saturated heterocycles. The van der Waals surface area contributed by atoms with Gasteiger partial charge in [-0.25, -0.2) is 9.18 Å². The minimum absolute atomic E-state index is 0.113. The van der Waals surface area contributed by atoms with Crippen molar-refractivity contribution in [1.82, 2.24) is 5.32 Å². The van der Waals surface area contributed by atoms with Gasteiger partial charge in [-0.2, -0.15) is 13.2 Å². The second kappa shape index (κ2) is 4.71. The largest absolute Gasteiger partial charge is 0.427 e. The predicted octanol–water partition coefficient (Wildman–Crippen LogP) is 3.13. The summed E-state index contributed by atoms with van der Waals surface area (Å²) in [5, 5.41) is 3.98. The molecule has 2 rings (SSSR count). The molecule has 20 heavy (non-hydrogen) atoms. The molecule has 0 bridgehead atoms. The molecule has 0 aromatic heterocycles. The van der Waals surface area contributed by atoms with E-state index in [0.29, 0.717) is 0 Å². The van der Waals surface area contributed by atoms with Crippen LogP contribution in [0.5, 0.6) is 0 Å². The van der Waals surface area contributed by atoms with Gasteiger partial charge in [0.15, 0.2) is 0 Å². The van der Waals surface area contributed by atoms with Crippen molar-refractivity contribution < 1.29 is 22.4 Å². The molecule has 7 heteroatoms. The summed E-state index contributed by atoms with van der Waals surface area (Å²) in [6, 6.07) is 1.74. The number of benzene rings is 1. The van der Waals surface area contributed by atoms with Gasteiger partial charge >= 0.3 is 12.2 Å². The molecule has 1 atom stereocenters. The Hall–Kier alpha value is -2.23. The van der Waals surface area contributed by atoms with Crippen LogP contribution in [0.15, 0.2) is 18.2 Å². The van der Waals surface area contributed by atoms with Gasteiger partial charge < -0.3 is 10.6 Å². The summed E-state index contributed by atoms with van der Waals surface area (Å²) < 4.78 is 53.6. The number of alkyl halides is 3. The molecule has 0 fully saturated rings. The molecule has 1 aliphatic heterocycles. The molecule has 0 aliphatic carbocycles. The van der Waals surface area contributed by atoms with Gasteiger partial charge in [-0.1, -0.05) is 12.8 Å². The summed E-state index contributed by atoms with van der Waals surface area (Å²) in [4.78, 5) is 11.5. The van der Waals surface area contributed by atoms with Crippen molar-refractivity contribution >= 4 is 11.7 Å². The molecule has 3 nitrogen and oxygen atoms in total. The molecule has 1 aromatic rings. The van der Waals surface area contributed by atoms with Gasteiger partial charge in [0, 0.05) is 17.7 Å². The van der Waals surface area contributed by atoms with Gasteiger partial charge in [0.2, 0.25) is 5.54 Å². The van der Waals surface area contributed by atoms with E-state index in [9.17, 15) is 22.4 Å². The van der Waals surface area contributed by atoms with E-state index < -0.39 is 29.1 Å². The highest BCUT2D eigenvalue weighted by Gasteiger charge is 2.59. The summed E-state index contributed by atoms with van der Waals surface area (Å²) in [5.41, 5.74) is -3.47. The van der Waals surface area contributed by atoms with Gasteiger partial charge in [0.05, 0.1) is 0 Å². The SMILES string of the molecule is CCC#CC1(C(F)(F)F)NC(=O)Nc2ccc(F)cc21. The number of carbonyl (C=O) groups is 1. The fourth-order valence-electron chi connectivity index (χ4n) is 1.94. The van der Waals surface area contributed by atoms with Crippen LogP contribution in [0.1, 0.15) is 18.9 Å². The fraction of sp³-hybridized carbons (Fsp3) is 0.308. The normalized spacial score (nSPS) is 21.1. The van der Waals surface area contributed by atoms with Crippen LogP contribution in [0.2, 0.25) is 0 Å². The molecule has 1 aromatic carbocycles. The number of halogens is 4. The van der Waals surface area contributed by atoms with E-state index in [1.54, 1.807) is 12.2 Å². The van der Waals surface area contributed by atoms with E-state index in [2.05, 4.69) is 11.2 Å². The lowest BCUT2D eigenvalue weighted by Crippen LogP contribution is -2.59. The maximum absolute atomic E-state index is 13.4. The van der Waals surface area contributed by atoms with Gasteiger partial charge in [0.25, 0.3) is 0 Å². The maximum Gasteiger partial charge on any atom is 0.427 e. The standard InChI is InChI=1S/C13H10F4N2O/c1-2-3-6-12(13(15,16)17)9-7-8(14)4-5-10(9)18-11(20)19-12/h4-5,7H,2H2,1H3,(H2,18,19,20). The Kier molecular flexibility index (Phi) is 3.34. The van der Waals surface area contributed by atoms with Crippen LogP contribution in [0.25, 0.3) is 0 Å². The zero-order valence-corrected chi connectivity index (χ0v) is 10.4. The first-order chi connectivity index (χ1) is 9.30. The van der Waals surface area contributed by atoms with Crippen LogP contribution in [-0.4, -0.2) is 12.2 Å². The van der Waals surface area contributed by atoms with Crippen LogP contribution in [0.4, 0.5) is 28.0 Å². The van der Waals surface area contributed by atoms with E-state index in [-0.39, 0.29) is 12.1 Å². The third-order valence-corrected chi connectivity index (χ3v) is 2.81. The third kappa shape index (κ3) is 2.18. The lowest BCUT2D eigenvalue weighted by Gasteiger charge is -2.37. The first-order valence-electron chi connectivity index (χ1n) is 5.76. The molecule has 1 unspecified atom stereocenters. The summed E-state index contributed by atoms with van der Waals surface area (Å²) >= 11 is 0. The maximum atomic E-state index is 13.4. The first-order valence-corrected chi connectivity index (χ1v) is 5.76. The van der Waals surface area contributed by atoms with Crippen molar-refractivity contribution in [1.29, 1.82) is 0 Å². The molecule has 0 spiro atoms. The molecular weight excluding hydrogens is 276 g/mol. The summed E-state index contributed by atoms with van der Waals surface area (Å²) in [6.07, 6.45) is -4.71. The van der Waals surface area contributed by atoms with Crippen molar-refractivity contribution in [3.63, 3.8) is 0 Å². The van der Waals surface area contributed by atoms with E-state index >= 15 is 0 Å². The lowest BCUT2D eigenvalue weighted by atomic mass is 9.86. The number of rotatable bonds is 0. The highest BCUT2D eigenvalue weighted by molar-refractivity contribution is 5.94. The van der Waals surface area contributed by atoms with Crippen molar-refractivity contribution in [2.24, 2.45) is 0 Å². The Morgan fingerprint density at radius 3 is 2.65 bits per heavy atom. The van der Waals surface area contributed by atoms with Crippen LogP contribution >= 0.6 is 0 Å². The quantitative estimate of drug-likeness (QED) is 0.558. The topological polar surface area (TPSA) is 41.1 Å². The van der Waals surface area contributed by atoms with Crippen LogP contribution in [-0.2, 0) is 5.54 Å². The number of nitrogens with one attached hydrogen (secondary N) is 2. The number of urea groups is 1. The highest BCUT2D eigenvalue weighted by Crippen LogP contribution is 2.43.